The van der Waals surface area contributed by atoms with Crippen LogP contribution in [0.5, 0.6) is 0 Å². The molecule has 20 rings (SSSR count). The molecule has 4 bridgehead atoms. The number of aliphatic imine (C=N–C) groups is 2. The second-order valence-electron chi connectivity index (χ2n) is 35.9. The third kappa shape index (κ3) is 16.4. The van der Waals surface area contributed by atoms with Crippen molar-refractivity contribution in [1.29, 1.82) is 0 Å². The predicted octanol–water partition coefficient (Wildman–Crippen LogP) is 18.7. The zero-order valence-electron chi connectivity index (χ0n) is 72.7. The zero-order chi connectivity index (χ0) is 88.2. The molecule has 3 saturated heterocycles. The maximum atomic E-state index is 14.2. The number of carbonyl (C=O) groups is 8. The average Bonchev–Trinajstić information content (AvgIpc) is 1.58. The minimum atomic E-state index is -1.02. The summed E-state index contributed by atoms with van der Waals surface area (Å²) in [5.74, 6) is 0.368. The van der Waals surface area contributed by atoms with Gasteiger partial charge in [0.2, 0.25) is 11.8 Å². The minimum Gasteiger partial charge on any atom is -0.481 e. The molecule has 11 atom stereocenters. The van der Waals surface area contributed by atoms with Crippen LogP contribution in [0, 0.1) is 23.7 Å². The van der Waals surface area contributed by atoms with E-state index in [1.165, 1.54) is 97.9 Å². The van der Waals surface area contributed by atoms with Gasteiger partial charge in [0.05, 0.1) is 92.3 Å². The van der Waals surface area contributed by atoms with Crippen LogP contribution in [0.1, 0.15) is 169 Å². The smallest absolute Gasteiger partial charge is 0.407 e. The Morgan fingerprint density at radius 1 is 0.457 bits per heavy atom. The van der Waals surface area contributed by atoms with Crippen molar-refractivity contribution < 1.29 is 62.4 Å². The van der Waals surface area contributed by atoms with E-state index in [0.717, 1.165) is 147 Å². The number of aromatic amines is 2. The molecule has 25 nitrogen and oxygen atoms in total. The number of imidazole rings is 2. The van der Waals surface area contributed by atoms with E-state index in [-0.39, 0.29) is 66.2 Å². The van der Waals surface area contributed by atoms with Crippen LogP contribution in [-0.2, 0) is 55.8 Å². The third-order valence-corrected chi connectivity index (χ3v) is 27.8. The molecule has 0 spiro atoms. The molecule has 6 N–H and O–H groups in total. The van der Waals surface area contributed by atoms with E-state index in [9.17, 15) is 38.4 Å². The van der Waals surface area contributed by atoms with E-state index in [1.807, 2.05) is 67.8 Å². The van der Waals surface area contributed by atoms with Crippen LogP contribution in [-0.4, -0.2) is 170 Å². The number of carboxylic acids is 1. The van der Waals surface area contributed by atoms with Crippen molar-refractivity contribution in [3.05, 3.63) is 216 Å². The van der Waals surface area contributed by atoms with E-state index in [1.54, 1.807) is 30.3 Å². The lowest BCUT2D eigenvalue weighted by Crippen LogP contribution is -2.57. The Morgan fingerprint density at radius 2 is 0.890 bits per heavy atom. The van der Waals surface area contributed by atoms with Crippen LogP contribution in [0.15, 0.2) is 192 Å². The molecule has 3 aliphatic carbocycles. The molecule has 10 aromatic carbocycles. The molecule has 2 aromatic heterocycles. The number of amides is 6. The molecular formula is C102H106N12O13. The fourth-order valence-corrected chi connectivity index (χ4v) is 21.4. The molecule has 8 aliphatic rings. The first kappa shape index (κ1) is 84.5. The van der Waals surface area contributed by atoms with Crippen LogP contribution in [0.25, 0.3) is 87.4 Å². The normalized spacial score (nSPS) is 20.6. The summed E-state index contributed by atoms with van der Waals surface area (Å²) in [7, 11) is 5.19. The van der Waals surface area contributed by atoms with Crippen LogP contribution in [0.4, 0.5) is 25.8 Å². The average molecular weight is 1710 g/mol. The number of carboxylic acid groups (broad SMARTS) is 1. The van der Waals surface area contributed by atoms with Gasteiger partial charge in [0.25, 0.3) is 5.91 Å². The Labute approximate surface area is 735 Å². The van der Waals surface area contributed by atoms with Crippen molar-refractivity contribution in [2.45, 2.75) is 184 Å². The van der Waals surface area contributed by atoms with Crippen molar-refractivity contribution in [1.82, 2.24) is 50.6 Å². The Balaban J connectivity index is 0.000000151. The van der Waals surface area contributed by atoms with Gasteiger partial charge in [0.15, 0.2) is 0 Å². The first-order valence-corrected chi connectivity index (χ1v) is 44.6. The van der Waals surface area contributed by atoms with E-state index < -0.39 is 54.3 Å². The summed E-state index contributed by atoms with van der Waals surface area (Å²) < 4.78 is 19.0. The summed E-state index contributed by atoms with van der Waals surface area (Å²) in [6, 6.07) is 59.3. The number of methoxy groups -OCH3 is 4. The SMILES string of the molecule is COC(=O)C[C@@H](C(=O)O)c1ccccc1.COC(=O)N[C@H](C(=O)N1[C@H]2CC[C@H](C2)[C@H]1C1=Nc2ccc3cc(-c4ccc5c(ccc6[nH]c(C7CCCC7)nc65)c4)ccc3c2C1)C(C)C.COC(=O)N[C@H](C(=O)N1[C@H]2CC[C@H](C2)[C@H]1C1=Nc2ccc3cc(-c4ccc5c(ccc6[nH]c([C@@H]7CCCN7C(=O)[C@H](NC(=O)OC)c7ccccc7)nc65)c4)ccc3c2C1)C(C)C. The van der Waals surface area contributed by atoms with Crippen LogP contribution < -0.4 is 16.0 Å². The quantitative estimate of drug-likeness (QED) is 0.0324. The highest BCUT2D eigenvalue weighted by Crippen LogP contribution is 2.50. The van der Waals surface area contributed by atoms with Gasteiger partial charge in [-0.2, -0.15) is 0 Å². The number of benzene rings is 10. The molecule has 3 saturated carbocycles. The Hall–Kier alpha value is -13.3. The number of H-pyrrole nitrogens is 2. The number of nitrogens with one attached hydrogen (secondary N) is 5. The molecule has 6 fully saturated rings. The standard InChI is InChI=1S/C50H51N7O6.C41H43N5O3.C11H12O4/c1-27(2)42(54-49(60)62-3)48(59)57-34-17-12-33(25-34)45(57)40-26-37-35-18-13-29(23-31(35)15-20-38(37)51-40)30-14-19-36-32(24-30)16-21-39-44(36)53-46(52-39)41-11-8-22-56(41)47(58)43(55-50(61)63-4)28-9-6-5-7-10-28;1-22(2)36(45-41(48)49-3)40(47)46-29-13-8-28(20-29)38(46)35-21-32-30-14-9-24(18-26(30)11-16-33(32)42-35)25-10-15-31-27(19-25)12-17-34-37(31)44-39(43-34)23-6-4-5-7-23;1-15-10(12)7-9(11(13)14)8-5-3-2-4-6-8/h5-7,9-10,13-16,18-21,23-24,27,33-34,41-43,45H,8,11-12,17,22,25-26H2,1-4H3,(H,52,53)(H,54,60)(H,55,61);9-12,14-19,22-23,28-29,36,38H,4-8,13,20-21H2,1-3H3,(H,43,44)(H,45,48);2-6,9H,7H2,1H3,(H,13,14)/t33-,34+,41+,42+,43-,45+;28-,29+,36+,38+;9-/m111/s1. The number of likely N-dealkylation sites (tertiary alicyclic amines) is 3. The molecular weight excluding hydrogens is 1600 g/mol. The minimum absolute atomic E-state index is 0.0246. The largest absolute Gasteiger partial charge is 0.481 e. The Morgan fingerprint density at radius 3 is 1.35 bits per heavy atom. The molecule has 127 heavy (non-hydrogen) atoms. The van der Waals surface area contributed by atoms with Crippen molar-refractivity contribution in [3.63, 3.8) is 0 Å². The maximum absolute atomic E-state index is 14.2. The fraction of sp³-hybridized carbons (Fsp3) is 0.373. The number of hydrogen-bond donors (Lipinski definition) is 6. The van der Waals surface area contributed by atoms with Crippen molar-refractivity contribution in [3.8, 4) is 22.3 Å². The second-order valence-corrected chi connectivity index (χ2v) is 35.9. The number of fused-ring (bicyclic) bond motifs is 16. The number of hydrogen-bond acceptors (Lipinski definition) is 16. The van der Waals surface area contributed by atoms with Gasteiger partial charge in [0, 0.05) is 59.6 Å². The summed E-state index contributed by atoms with van der Waals surface area (Å²) in [4.78, 5) is 135. The molecule has 5 aliphatic heterocycles. The topological polar surface area (TPSA) is 322 Å². The Kier molecular flexibility index (Phi) is 23.7. The lowest BCUT2D eigenvalue weighted by molar-refractivity contribution is -0.147. The molecule has 7 heterocycles. The number of esters is 1. The highest BCUT2D eigenvalue weighted by Gasteiger charge is 2.54. The van der Waals surface area contributed by atoms with Gasteiger partial charge < -0.3 is 64.7 Å². The van der Waals surface area contributed by atoms with Crippen molar-refractivity contribution in [2.24, 2.45) is 33.7 Å². The van der Waals surface area contributed by atoms with Crippen molar-refractivity contribution >= 4 is 136 Å². The first-order chi connectivity index (χ1) is 61.6. The van der Waals surface area contributed by atoms with E-state index >= 15 is 0 Å². The summed E-state index contributed by atoms with van der Waals surface area (Å²) >= 11 is 0. The van der Waals surface area contributed by atoms with Crippen LogP contribution in [0.2, 0.25) is 0 Å². The lowest BCUT2D eigenvalue weighted by atomic mass is 9.89. The number of ether oxygens (including phenoxy) is 4. The molecule has 6 amide bonds. The van der Waals surface area contributed by atoms with E-state index in [2.05, 4.69) is 157 Å². The summed E-state index contributed by atoms with van der Waals surface area (Å²) in [6.45, 7) is 8.38. The van der Waals surface area contributed by atoms with Crippen LogP contribution >= 0.6 is 0 Å². The zero-order valence-corrected chi connectivity index (χ0v) is 72.7. The number of piperidine rings is 2. The molecule has 0 radical (unpaired) electrons. The number of rotatable bonds is 19. The maximum Gasteiger partial charge on any atom is 0.407 e. The van der Waals surface area contributed by atoms with E-state index in [4.69, 9.17) is 39.3 Å². The molecule has 652 valence electrons. The van der Waals surface area contributed by atoms with E-state index in [0.29, 0.717) is 41.8 Å². The second kappa shape index (κ2) is 35.6. The van der Waals surface area contributed by atoms with Crippen molar-refractivity contribution in [2.75, 3.05) is 35.0 Å². The molecule has 25 heteroatoms. The highest BCUT2D eigenvalue weighted by atomic mass is 16.5. The summed E-state index contributed by atoms with van der Waals surface area (Å²) in [5, 5.41) is 26.5. The van der Waals surface area contributed by atoms with Gasteiger partial charge in [-0.25, -0.2) is 24.4 Å². The van der Waals surface area contributed by atoms with Gasteiger partial charge in [-0.15, -0.1) is 0 Å². The summed E-state index contributed by atoms with van der Waals surface area (Å²) in [6.07, 6.45) is 12.2. The number of aromatic nitrogens is 4. The monoisotopic (exact) mass is 1710 g/mol. The number of aliphatic carboxylic acids is 1. The van der Waals surface area contributed by atoms with Gasteiger partial charge in [-0.3, -0.25) is 34.0 Å². The fourth-order valence-electron chi connectivity index (χ4n) is 21.4. The van der Waals surface area contributed by atoms with Gasteiger partial charge in [0.1, 0.15) is 29.8 Å². The lowest BCUT2D eigenvalue weighted by Gasteiger charge is -2.38. The number of carbonyl (C=O) groups excluding carboxylic acids is 7. The highest BCUT2D eigenvalue weighted by molar-refractivity contribution is 6.11. The number of nitrogens with zero attached hydrogens (tertiary/aromatic N) is 7. The molecule has 0 unspecified atom stereocenters. The number of alkyl carbamates (subject to hydrolysis) is 3. The summed E-state index contributed by atoms with van der Waals surface area (Å²) in [5.41, 5.74) is 16.3. The van der Waals surface area contributed by atoms with Gasteiger partial charge in [-0.1, -0.05) is 174 Å². The Bertz CT molecular complexity index is 6390. The van der Waals surface area contributed by atoms with Gasteiger partial charge >= 0.3 is 30.2 Å². The third-order valence-electron chi connectivity index (χ3n) is 27.8. The van der Waals surface area contributed by atoms with Gasteiger partial charge in [-0.05, 0) is 213 Å². The molecule has 12 aromatic rings. The predicted molar refractivity (Wildman–Crippen MR) is 490 cm³/mol. The van der Waals surface area contributed by atoms with Crippen LogP contribution in [0.3, 0.4) is 0 Å². The first-order valence-electron chi connectivity index (χ1n) is 44.6.